The van der Waals surface area contributed by atoms with Crippen molar-refractivity contribution in [2.24, 2.45) is 5.73 Å². The van der Waals surface area contributed by atoms with Gasteiger partial charge in [-0.05, 0) is 31.0 Å². The van der Waals surface area contributed by atoms with Gasteiger partial charge in [0.2, 0.25) is 6.41 Å². The van der Waals surface area contributed by atoms with Crippen LogP contribution in [-0.4, -0.2) is 42.5 Å². The van der Waals surface area contributed by atoms with Crippen molar-refractivity contribution in [1.29, 1.82) is 0 Å². The van der Waals surface area contributed by atoms with E-state index in [9.17, 15) is 4.79 Å². The largest absolute Gasteiger partial charge is 0.353 e. The number of piperazine rings is 1. The van der Waals surface area contributed by atoms with E-state index in [2.05, 4.69) is 22.9 Å². The SMILES string of the molecule is Cc1cc([C@@H](C)N)cnc1N1CCN(C=O)CC1. The van der Waals surface area contributed by atoms with Crippen molar-refractivity contribution in [3.05, 3.63) is 23.4 Å². The van der Waals surface area contributed by atoms with E-state index < -0.39 is 0 Å². The highest BCUT2D eigenvalue weighted by molar-refractivity contribution is 5.51. The lowest BCUT2D eigenvalue weighted by molar-refractivity contribution is -0.118. The van der Waals surface area contributed by atoms with Gasteiger partial charge in [-0.1, -0.05) is 0 Å². The Morgan fingerprint density at radius 2 is 2.06 bits per heavy atom. The number of amides is 1. The van der Waals surface area contributed by atoms with Crippen LogP contribution in [0.2, 0.25) is 0 Å². The maximum Gasteiger partial charge on any atom is 0.209 e. The molecule has 0 radical (unpaired) electrons. The molecule has 0 saturated carbocycles. The van der Waals surface area contributed by atoms with Gasteiger partial charge in [0, 0.05) is 38.4 Å². The summed E-state index contributed by atoms with van der Waals surface area (Å²) in [6, 6.07) is 2.11. The summed E-state index contributed by atoms with van der Waals surface area (Å²) in [7, 11) is 0. The number of nitrogens with zero attached hydrogens (tertiary/aromatic N) is 3. The Bertz CT molecular complexity index is 425. The number of hydrogen-bond acceptors (Lipinski definition) is 4. The van der Waals surface area contributed by atoms with E-state index in [1.54, 1.807) is 4.90 Å². The second-order valence-electron chi connectivity index (χ2n) is 4.83. The molecular weight excluding hydrogens is 228 g/mol. The molecule has 2 heterocycles. The summed E-state index contributed by atoms with van der Waals surface area (Å²) in [5, 5.41) is 0. The Morgan fingerprint density at radius 3 is 2.56 bits per heavy atom. The highest BCUT2D eigenvalue weighted by Crippen LogP contribution is 2.21. The van der Waals surface area contributed by atoms with Crippen LogP contribution in [0.4, 0.5) is 5.82 Å². The first-order valence-corrected chi connectivity index (χ1v) is 6.28. The molecule has 0 unspecified atom stereocenters. The van der Waals surface area contributed by atoms with E-state index >= 15 is 0 Å². The van der Waals surface area contributed by atoms with Crippen LogP contribution in [0, 0.1) is 6.92 Å². The molecule has 1 aliphatic heterocycles. The lowest BCUT2D eigenvalue weighted by Crippen LogP contribution is -2.46. The van der Waals surface area contributed by atoms with Crippen LogP contribution < -0.4 is 10.6 Å². The van der Waals surface area contributed by atoms with Crippen LogP contribution in [0.1, 0.15) is 24.1 Å². The Kier molecular flexibility index (Phi) is 3.81. The number of nitrogens with two attached hydrogens (primary N) is 1. The van der Waals surface area contributed by atoms with E-state index in [-0.39, 0.29) is 6.04 Å². The van der Waals surface area contributed by atoms with Gasteiger partial charge in [-0.15, -0.1) is 0 Å². The van der Waals surface area contributed by atoms with Gasteiger partial charge >= 0.3 is 0 Å². The van der Waals surface area contributed by atoms with Crippen LogP contribution in [0.25, 0.3) is 0 Å². The summed E-state index contributed by atoms with van der Waals surface area (Å²) >= 11 is 0. The molecule has 5 heteroatoms. The number of rotatable bonds is 3. The minimum absolute atomic E-state index is 0.0113. The van der Waals surface area contributed by atoms with Gasteiger partial charge in [0.25, 0.3) is 0 Å². The minimum Gasteiger partial charge on any atom is -0.353 e. The molecule has 2 rings (SSSR count). The normalized spacial score (nSPS) is 17.7. The van der Waals surface area contributed by atoms with Gasteiger partial charge < -0.3 is 15.5 Å². The molecule has 0 bridgehead atoms. The van der Waals surface area contributed by atoms with E-state index in [0.29, 0.717) is 0 Å². The standard InChI is InChI=1S/C13H20N4O/c1-10-7-12(11(2)14)8-15-13(10)17-5-3-16(9-18)4-6-17/h7-9,11H,3-6,14H2,1-2H3/t11-/m1/s1. The molecule has 1 amide bonds. The second-order valence-corrected chi connectivity index (χ2v) is 4.83. The minimum atomic E-state index is 0.0113. The van der Waals surface area contributed by atoms with E-state index in [0.717, 1.165) is 49.5 Å². The molecule has 1 fully saturated rings. The number of aromatic nitrogens is 1. The average molecular weight is 248 g/mol. The van der Waals surface area contributed by atoms with Crippen LogP contribution in [0.5, 0.6) is 0 Å². The molecule has 0 spiro atoms. The molecule has 1 aromatic heterocycles. The lowest BCUT2D eigenvalue weighted by atomic mass is 10.1. The van der Waals surface area contributed by atoms with Crippen LogP contribution in [0.3, 0.4) is 0 Å². The summed E-state index contributed by atoms with van der Waals surface area (Å²) in [6.45, 7) is 7.22. The summed E-state index contributed by atoms with van der Waals surface area (Å²) in [5.41, 5.74) is 8.05. The van der Waals surface area contributed by atoms with Gasteiger partial charge in [0.1, 0.15) is 5.82 Å². The number of carbonyl (C=O) groups is 1. The van der Waals surface area contributed by atoms with Crippen molar-refractivity contribution in [1.82, 2.24) is 9.88 Å². The average Bonchev–Trinajstić information content (AvgIpc) is 2.38. The van der Waals surface area contributed by atoms with Crippen LogP contribution in [0.15, 0.2) is 12.3 Å². The van der Waals surface area contributed by atoms with Gasteiger partial charge in [-0.25, -0.2) is 4.98 Å². The first-order chi connectivity index (χ1) is 8.61. The predicted molar refractivity (Wildman–Crippen MR) is 71.4 cm³/mol. The van der Waals surface area contributed by atoms with E-state index in [1.165, 1.54) is 0 Å². The summed E-state index contributed by atoms with van der Waals surface area (Å²) in [6.07, 6.45) is 2.76. The smallest absolute Gasteiger partial charge is 0.209 e. The number of aryl methyl sites for hydroxylation is 1. The molecule has 2 N–H and O–H groups in total. The zero-order valence-electron chi connectivity index (χ0n) is 11.0. The van der Waals surface area contributed by atoms with Crippen molar-refractivity contribution in [2.45, 2.75) is 19.9 Å². The fourth-order valence-electron chi connectivity index (χ4n) is 2.21. The zero-order chi connectivity index (χ0) is 13.1. The first-order valence-electron chi connectivity index (χ1n) is 6.28. The van der Waals surface area contributed by atoms with Gasteiger partial charge in [0.05, 0.1) is 0 Å². The third kappa shape index (κ3) is 2.61. The Morgan fingerprint density at radius 1 is 1.39 bits per heavy atom. The fraction of sp³-hybridized carbons (Fsp3) is 0.538. The Balaban J connectivity index is 2.12. The molecule has 1 atom stereocenters. The number of anilines is 1. The lowest BCUT2D eigenvalue weighted by Gasteiger charge is -2.34. The van der Waals surface area contributed by atoms with Gasteiger partial charge in [0.15, 0.2) is 0 Å². The van der Waals surface area contributed by atoms with Crippen molar-refractivity contribution in [3.8, 4) is 0 Å². The summed E-state index contributed by atoms with van der Waals surface area (Å²) in [5.74, 6) is 1.00. The molecule has 1 saturated heterocycles. The van der Waals surface area contributed by atoms with Crippen molar-refractivity contribution < 1.29 is 4.79 Å². The third-order valence-corrected chi connectivity index (χ3v) is 3.36. The zero-order valence-corrected chi connectivity index (χ0v) is 11.0. The molecule has 5 nitrogen and oxygen atoms in total. The van der Waals surface area contributed by atoms with Crippen molar-refractivity contribution >= 4 is 12.2 Å². The molecule has 1 aliphatic rings. The number of pyridine rings is 1. The highest BCUT2D eigenvalue weighted by Gasteiger charge is 2.18. The van der Waals surface area contributed by atoms with Gasteiger partial charge in [-0.3, -0.25) is 4.79 Å². The molecule has 18 heavy (non-hydrogen) atoms. The van der Waals surface area contributed by atoms with E-state index in [1.807, 2.05) is 13.1 Å². The van der Waals surface area contributed by atoms with Crippen LogP contribution in [-0.2, 0) is 4.79 Å². The topological polar surface area (TPSA) is 62.5 Å². The fourth-order valence-corrected chi connectivity index (χ4v) is 2.21. The molecule has 98 valence electrons. The maximum absolute atomic E-state index is 10.7. The first kappa shape index (κ1) is 12.8. The predicted octanol–water partition coefficient (Wildman–Crippen LogP) is 0.688. The second kappa shape index (κ2) is 5.35. The summed E-state index contributed by atoms with van der Waals surface area (Å²) < 4.78 is 0. The Hall–Kier alpha value is -1.62. The van der Waals surface area contributed by atoms with Crippen molar-refractivity contribution in [2.75, 3.05) is 31.1 Å². The molecule has 1 aromatic rings. The van der Waals surface area contributed by atoms with Crippen LogP contribution >= 0.6 is 0 Å². The third-order valence-electron chi connectivity index (χ3n) is 3.36. The van der Waals surface area contributed by atoms with Crippen molar-refractivity contribution in [3.63, 3.8) is 0 Å². The number of hydrogen-bond donors (Lipinski definition) is 1. The highest BCUT2D eigenvalue weighted by atomic mass is 16.1. The number of carbonyl (C=O) groups excluding carboxylic acids is 1. The monoisotopic (exact) mass is 248 g/mol. The molecular formula is C13H20N4O. The van der Waals surface area contributed by atoms with E-state index in [4.69, 9.17) is 5.73 Å². The molecule has 0 aromatic carbocycles. The summed E-state index contributed by atoms with van der Waals surface area (Å²) in [4.78, 5) is 19.2. The Labute approximate surface area is 108 Å². The quantitative estimate of drug-likeness (QED) is 0.799. The molecule has 0 aliphatic carbocycles. The maximum atomic E-state index is 10.7. The van der Waals surface area contributed by atoms with Gasteiger partial charge in [-0.2, -0.15) is 0 Å².